The molecule has 5 heteroatoms. The molecule has 0 aliphatic carbocycles. The molecule has 4 nitrogen and oxygen atoms in total. The van der Waals surface area contributed by atoms with Crippen molar-refractivity contribution in [1.82, 2.24) is 14.9 Å². The number of hydrogen-bond donors (Lipinski definition) is 1. The molecule has 3 rings (SSSR count). The van der Waals surface area contributed by atoms with Gasteiger partial charge in [0.15, 0.2) is 5.76 Å². The van der Waals surface area contributed by atoms with E-state index in [1.807, 2.05) is 20.2 Å². The number of nitrogens with one attached hydrogen (secondary N) is 1. The Balaban J connectivity index is 1.72. The number of H-pyrrole nitrogens is 1. The van der Waals surface area contributed by atoms with E-state index in [0.717, 1.165) is 13.0 Å². The molecule has 0 saturated carbocycles. The van der Waals surface area contributed by atoms with Crippen LogP contribution in [0.1, 0.15) is 12.1 Å². The Kier molecular flexibility index (Phi) is 3.63. The summed E-state index contributed by atoms with van der Waals surface area (Å²) < 4.78 is 18.8. The van der Waals surface area contributed by atoms with E-state index in [2.05, 4.69) is 26.7 Å². The first-order valence-electron chi connectivity index (χ1n) is 6.78. The zero-order valence-corrected chi connectivity index (χ0v) is 12.0. The number of ether oxygens (including phenoxy) is 1. The predicted molar refractivity (Wildman–Crippen MR) is 79.1 cm³/mol. The maximum absolute atomic E-state index is 13.1. The van der Waals surface area contributed by atoms with E-state index in [1.165, 1.54) is 12.3 Å². The normalized spacial score (nSPS) is 17.5. The zero-order chi connectivity index (χ0) is 14.8. The lowest BCUT2D eigenvalue weighted by Crippen LogP contribution is -2.25. The van der Waals surface area contributed by atoms with Gasteiger partial charge in [-0.25, -0.2) is 9.37 Å². The van der Waals surface area contributed by atoms with Gasteiger partial charge in [-0.1, -0.05) is 0 Å². The summed E-state index contributed by atoms with van der Waals surface area (Å²) in [6.07, 6.45) is 4.23. The lowest BCUT2D eigenvalue weighted by atomic mass is 10.2. The first kappa shape index (κ1) is 13.7. The lowest BCUT2D eigenvalue weighted by Gasteiger charge is -2.16. The monoisotopic (exact) mass is 285 g/mol. The highest BCUT2D eigenvalue weighted by molar-refractivity contribution is 5.77. The molecule has 0 amide bonds. The zero-order valence-electron chi connectivity index (χ0n) is 12.0. The average Bonchev–Trinajstić information content (AvgIpc) is 3.01. The summed E-state index contributed by atoms with van der Waals surface area (Å²) in [5, 5.41) is 0.714. The molecular weight excluding hydrogens is 269 g/mol. The van der Waals surface area contributed by atoms with Crippen LogP contribution in [-0.2, 0) is 4.74 Å². The van der Waals surface area contributed by atoms with E-state index in [-0.39, 0.29) is 11.9 Å². The van der Waals surface area contributed by atoms with E-state index in [0.29, 0.717) is 22.5 Å². The van der Waals surface area contributed by atoms with E-state index in [9.17, 15) is 4.39 Å². The van der Waals surface area contributed by atoms with Crippen LogP contribution in [0, 0.1) is 17.7 Å². The fourth-order valence-corrected chi connectivity index (χ4v) is 2.30. The van der Waals surface area contributed by atoms with E-state index < -0.39 is 0 Å². The number of fused-ring (bicyclic) bond motifs is 1. The first-order valence-corrected chi connectivity index (χ1v) is 6.78. The predicted octanol–water partition coefficient (Wildman–Crippen LogP) is 2.29. The fraction of sp³-hybridized carbons (Fsp3) is 0.312. The molecule has 1 atom stereocenters. The number of hydrogen-bond acceptors (Lipinski definition) is 3. The van der Waals surface area contributed by atoms with Crippen molar-refractivity contribution in [1.29, 1.82) is 0 Å². The van der Waals surface area contributed by atoms with Gasteiger partial charge >= 0.3 is 0 Å². The minimum Gasteiger partial charge on any atom is -0.481 e. The van der Waals surface area contributed by atoms with Gasteiger partial charge in [0, 0.05) is 18.4 Å². The minimum absolute atomic E-state index is 0.169. The van der Waals surface area contributed by atoms with Crippen molar-refractivity contribution in [2.45, 2.75) is 12.5 Å². The van der Waals surface area contributed by atoms with Crippen LogP contribution in [0.2, 0.25) is 0 Å². The molecule has 2 aromatic rings. The van der Waals surface area contributed by atoms with Gasteiger partial charge in [-0.2, -0.15) is 0 Å². The largest absolute Gasteiger partial charge is 0.481 e. The van der Waals surface area contributed by atoms with E-state index in [4.69, 9.17) is 4.74 Å². The van der Waals surface area contributed by atoms with Gasteiger partial charge in [0.1, 0.15) is 17.6 Å². The highest BCUT2D eigenvalue weighted by atomic mass is 19.1. The molecule has 0 saturated heterocycles. The highest BCUT2D eigenvalue weighted by Gasteiger charge is 2.17. The number of aromatic nitrogens is 2. The van der Waals surface area contributed by atoms with Crippen LogP contribution >= 0.6 is 0 Å². The Morgan fingerprint density at radius 3 is 3.10 bits per heavy atom. The van der Waals surface area contributed by atoms with E-state index in [1.54, 1.807) is 6.07 Å². The van der Waals surface area contributed by atoms with Gasteiger partial charge in [-0.05, 0) is 44.1 Å². The van der Waals surface area contributed by atoms with Crippen LogP contribution in [0.5, 0.6) is 0 Å². The van der Waals surface area contributed by atoms with Crippen molar-refractivity contribution in [2.24, 2.45) is 0 Å². The quantitative estimate of drug-likeness (QED) is 0.861. The molecule has 3 heterocycles. The van der Waals surface area contributed by atoms with Gasteiger partial charge < -0.3 is 14.6 Å². The molecule has 0 spiro atoms. The second-order valence-electron chi connectivity index (χ2n) is 5.33. The maximum atomic E-state index is 13.1. The van der Waals surface area contributed by atoms with Crippen LogP contribution in [0.3, 0.4) is 0 Å². The third-order valence-electron chi connectivity index (χ3n) is 3.19. The summed E-state index contributed by atoms with van der Waals surface area (Å²) in [5.41, 5.74) is 1.33. The molecule has 0 fully saturated rings. The van der Waals surface area contributed by atoms with Gasteiger partial charge in [-0.3, -0.25) is 0 Å². The third-order valence-corrected chi connectivity index (χ3v) is 3.19. The van der Waals surface area contributed by atoms with Crippen LogP contribution in [0.15, 0.2) is 30.2 Å². The molecule has 0 aromatic carbocycles. The third kappa shape index (κ3) is 3.23. The van der Waals surface area contributed by atoms with Crippen molar-refractivity contribution >= 4 is 11.0 Å². The fourth-order valence-electron chi connectivity index (χ4n) is 2.30. The second kappa shape index (κ2) is 5.58. The van der Waals surface area contributed by atoms with Crippen molar-refractivity contribution in [3.8, 4) is 11.8 Å². The number of aromatic amines is 1. The van der Waals surface area contributed by atoms with Crippen molar-refractivity contribution in [3.63, 3.8) is 0 Å². The first-order chi connectivity index (χ1) is 10.1. The smallest absolute Gasteiger partial charge is 0.167 e. The summed E-state index contributed by atoms with van der Waals surface area (Å²) in [6, 6.07) is 3.22. The molecule has 0 bridgehead atoms. The summed E-state index contributed by atoms with van der Waals surface area (Å²) in [4.78, 5) is 9.11. The average molecular weight is 285 g/mol. The van der Waals surface area contributed by atoms with Crippen LogP contribution in [-0.4, -0.2) is 41.6 Å². The SMILES string of the molecule is CN(C)CC1CC=C(C#Cc2cc3cc(F)cnc3[nH]2)O1. The van der Waals surface area contributed by atoms with E-state index >= 15 is 0 Å². The Morgan fingerprint density at radius 1 is 1.43 bits per heavy atom. The highest BCUT2D eigenvalue weighted by Crippen LogP contribution is 2.17. The van der Waals surface area contributed by atoms with Crippen LogP contribution < -0.4 is 0 Å². The summed E-state index contributed by atoms with van der Waals surface area (Å²) in [5.74, 6) is 6.33. The van der Waals surface area contributed by atoms with Gasteiger partial charge in [0.2, 0.25) is 0 Å². The molecule has 1 unspecified atom stereocenters. The van der Waals surface area contributed by atoms with Gasteiger partial charge in [-0.15, -0.1) is 0 Å². The molecular formula is C16H16FN3O. The number of rotatable bonds is 2. The number of pyridine rings is 1. The summed E-state index contributed by atoms with van der Waals surface area (Å²) in [6.45, 7) is 0.872. The summed E-state index contributed by atoms with van der Waals surface area (Å²) in [7, 11) is 4.04. The molecule has 0 radical (unpaired) electrons. The van der Waals surface area contributed by atoms with Crippen molar-refractivity contribution in [3.05, 3.63) is 41.7 Å². The van der Waals surface area contributed by atoms with Crippen molar-refractivity contribution < 1.29 is 9.13 Å². The molecule has 21 heavy (non-hydrogen) atoms. The lowest BCUT2D eigenvalue weighted by molar-refractivity contribution is 0.123. The number of likely N-dealkylation sites (N-methyl/N-ethyl adjacent to an activating group) is 1. The Bertz CT molecular complexity index is 752. The Morgan fingerprint density at radius 2 is 2.29 bits per heavy atom. The molecule has 1 N–H and O–H groups in total. The molecule has 1 aliphatic rings. The van der Waals surface area contributed by atoms with Crippen LogP contribution in [0.4, 0.5) is 4.39 Å². The molecule has 108 valence electrons. The topological polar surface area (TPSA) is 41.2 Å². The molecule has 1 aliphatic heterocycles. The number of halogens is 1. The van der Waals surface area contributed by atoms with Gasteiger partial charge in [0.25, 0.3) is 0 Å². The molecule has 2 aromatic heterocycles. The Labute approximate surface area is 122 Å². The standard InChI is InChI=1S/C16H16FN3O/c1-20(2)10-15-6-5-14(21-15)4-3-13-8-11-7-12(17)9-18-16(11)19-13/h5,7-9,15H,6,10H2,1-2H3,(H,18,19). The van der Waals surface area contributed by atoms with Crippen LogP contribution in [0.25, 0.3) is 11.0 Å². The Hall–Kier alpha value is -2.32. The maximum Gasteiger partial charge on any atom is 0.167 e. The number of nitrogens with zero attached hydrogens (tertiary/aromatic N) is 2. The minimum atomic E-state index is -0.352. The van der Waals surface area contributed by atoms with Gasteiger partial charge in [0.05, 0.1) is 11.9 Å². The van der Waals surface area contributed by atoms with Crippen molar-refractivity contribution in [2.75, 3.05) is 20.6 Å². The number of allylic oxidation sites excluding steroid dienone is 1. The second-order valence-corrected chi connectivity index (χ2v) is 5.33. The summed E-state index contributed by atoms with van der Waals surface area (Å²) >= 11 is 0.